The molecule has 1 aromatic heterocycles. The van der Waals surface area contributed by atoms with Gasteiger partial charge in [0, 0.05) is 29.9 Å². The third-order valence-electron chi connectivity index (χ3n) is 4.90. The summed E-state index contributed by atoms with van der Waals surface area (Å²) in [5, 5.41) is 7.56. The van der Waals surface area contributed by atoms with Crippen LogP contribution in [0.25, 0.3) is 0 Å². The van der Waals surface area contributed by atoms with Gasteiger partial charge in [0.15, 0.2) is 0 Å². The van der Waals surface area contributed by atoms with Crippen LogP contribution in [0.4, 0.5) is 0 Å². The largest absolute Gasteiger partial charge is 0.303 e. The Morgan fingerprint density at radius 2 is 2.00 bits per heavy atom. The number of piperidine rings is 1. The Morgan fingerprint density at radius 1 is 1.33 bits per heavy atom. The summed E-state index contributed by atoms with van der Waals surface area (Å²) in [5.74, 6) is 0. The van der Waals surface area contributed by atoms with Gasteiger partial charge >= 0.3 is 0 Å². The number of thiazole rings is 1. The van der Waals surface area contributed by atoms with Crippen molar-refractivity contribution in [2.45, 2.75) is 70.4 Å². The molecule has 2 fully saturated rings. The molecule has 0 radical (unpaired) electrons. The molecule has 1 aromatic rings. The molecule has 3 nitrogen and oxygen atoms in total. The molecule has 0 amide bonds. The summed E-state index contributed by atoms with van der Waals surface area (Å²) < 4.78 is 0. The highest BCUT2D eigenvalue weighted by Crippen LogP contribution is 2.39. The summed E-state index contributed by atoms with van der Waals surface area (Å²) in [5.41, 5.74) is 1.54. The van der Waals surface area contributed by atoms with Crippen LogP contribution >= 0.6 is 11.3 Å². The average Bonchev–Trinajstić information content (AvgIpc) is 3.09. The van der Waals surface area contributed by atoms with Crippen molar-refractivity contribution in [3.8, 4) is 0 Å². The fraction of sp³-hybridized carbons (Fsp3) is 0.824. The highest BCUT2D eigenvalue weighted by atomic mass is 32.1. The second kappa shape index (κ2) is 5.64. The van der Waals surface area contributed by atoms with E-state index in [1.807, 2.05) is 11.3 Å². The molecule has 4 heteroatoms. The van der Waals surface area contributed by atoms with Crippen molar-refractivity contribution < 1.29 is 0 Å². The molecule has 0 bridgehead atoms. The summed E-state index contributed by atoms with van der Waals surface area (Å²) >= 11 is 1.87. The van der Waals surface area contributed by atoms with Gasteiger partial charge in [0.25, 0.3) is 0 Å². The van der Waals surface area contributed by atoms with Gasteiger partial charge in [-0.1, -0.05) is 27.7 Å². The lowest BCUT2D eigenvalue weighted by atomic mass is 9.87. The molecule has 21 heavy (non-hydrogen) atoms. The lowest BCUT2D eigenvalue weighted by molar-refractivity contribution is 0.137. The zero-order chi connectivity index (χ0) is 15.1. The van der Waals surface area contributed by atoms with E-state index in [4.69, 9.17) is 4.98 Å². The van der Waals surface area contributed by atoms with Crippen LogP contribution in [0.2, 0.25) is 0 Å². The highest BCUT2D eigenvalue weighted by Gasteiger charge is 2.42. The van der Waals surface area contributed by atoms with E-state index in [0.29, 0.717) is 0 Å². The Balaban J connectivity index is 1.83. The molecular formula is C17H29N3S. The van der Waals surface area contributed by atoms with Crippen molar-refractivity contribution in [3.63, 3.8) is 0 Å². The van der Waals surface area contributed by atoms with Gasteiger partial charge < -0.3 is 10.2 Å². The molecule has 1 saturated heterocycles. The minimum absolute atomic E-state index is 0.140. The lowest BCUT2D eigenvalue weighted by Gasteiger charge is -2.41. The maximum atomic E-state index is 5.05. The summed E-state index contributed by atoms with van der Waals surface area (Å²) in [6.07, 6.45) is 5.09. The molecule has 2 heterocycles. The third kappa shape index (κ3) is 3.33. The molecule has 2 aliphatic rings. The number of rotatable bonds is 4. The minimum atomic E-state index is 0.140. The van der Waals surface area contributed by atoms with Gasteiger partial charge in [0.2, 0.25) is 0 Å². The Labute approximate surface area is 133 Å². The first-order chi connectivity index (χ1) is 9.93. The number of likely N-dealkylation sites (tertiary alicyclic amines) is 1. The molecule has 1 aliphatic carbocycles. The van der Waals surface area contributed by atoms with Crippen LogP contribution in [0, 0.1) is 0 Å². The van der Waals surface area contributed by atoms with E-state index in [0.717, 1.165) is 6.04 Å². The van der Waals surface area contributed by atoms with Gasteiger partial charge in [-0.05, 0) is 32.2 Å². The molecule has 0 atom stereocenters. The van der Waals surface area contributed by atoms with Gasteiger partial charge in [0.1, 0.15) is 5.01 Å². The average molecular weight is 308 g/mol. The first-order valence-corrected chi connectivity index (χ1v) is 9.27. The number of nitrogens with one attached hydrogen (secondary N) is 1. The highest BCUT2D eigenvalue weighted by molar-refractivity contribution is 7.09. The van der Waals surface area contributed by atoms with E-state index >= 15 is 0 Å². The number of nitrogens with zero attached hydrogens (tertiary/aromatic N) is 2. The second-order valence-electron chi connectivity index (χ2n) is 7.72. The van der Waals surface area contributed by atoms with E-state index in [-0.39, 0.29) is 11.0 Å². The van der Waals surface area contributed by atoms with E-state index in [2.05, 4.69) is 43.3 Å². The van der Waals surface area contributed by atoms with Gasteiger partial charge in [-0.15, -0.1) is 11.3 Å². The monoisotopic (exact) mass is 307 g/mol. The molecule has 0 spiro atoms. The maximum absolute atomic E-state index is 5.05. The van der Waals surface area contributed by atoms with Crippen molar-refractivity contribution in [1.29, 1.82) is 0 Å². The zero-order valence-electron chi connectivity index (χ0n) is 13.9. The van der Waals surface area contributed by atoms with Crippen molar-refractivity contribution in [1.82, 2.24) is 15.2 Å². The quantitative estimate of drug-likeness (QED) is 0.923. The van der Waals surface area contributed by atoms with E-state index < -0.39 is 0 Å². The van der Waals surface area contributed by atoms with Crippen LogP contribution in [-0.2, 0) is 11.0 Å². The molecule has 118 valence electrons. The van der Waals surface area contributed by atoms with Crippen LogP contribution in [0.3, 0.4) is 0 Å². The van der Waals surface area contributed by atoms with Crippen LogP contribution < -0.4 is 5.32 Å². The smallest absolute Gasteiger partial charge is 0.113 e. The van der Waals surface area contributed by atoms with Gasteiger partial charge in [0.05, 0.1) is 11.2 Å². The molecule has 0 unspecified atom stereocenters. The summed E-state index contributed by atoms with van der Waals surface area (Å²) in [7, 11) is 0. The van der Waals surface area contributed by atoms with Crippen molar-refractivity contribution in [2.24, 2.45) is 0 Å². The molecular weight excluding hydrogens is 278 g/mol. The Hall–Kier alpha value is -0.450. The van der Waals surface area contributed by atoms with Crippen molar-refractivity contribution in [3.05, 3.63) is 16.1 Å². The summed E-state index contributed by atoms with van der Waals surface area (Å²) in [6.45, 7) is 12.6. The zero-order valence-corrected chi connectivity index (χ0v) is 14.7. The molecule has 1 N–H and O–H groups in total. The summed E-state index contributed by atoms with van der Waals surface area (Å²) in [4.78, 5) is 7.61. The topological polar surface area (TPSA) is 28.2 Å². The summed E-state index contributed by atoms with van der Waals surface area (Å²) in [6, 6.07) is 0.736. The predicted octanol–water partition coefficient (Wildman–Crippen LogP) is 3.50. The van der Waals surface area contributed by atoms with Gasteiger partial charge in [-0.2, -0.15) is 0 Å². The van der Waals surface area contributed by atoms with Crippen molar-refractivity contribution >= 4 is 11.3 Å². The fourth-order valence-corrected chi connectivity index (χ4v) is 4.40. The van der Waals surface area contributed by atoms with E-state index in [9.17, 15) is 0 Å². The minimum Gasteiger partial charge on any atom is -0.303 e. The molecule has 1 aliphatic heterocycles. The normalized spacial score (nSPS) is 23.4. The number of aromatic nitrogens is 1. The molecule has 1 saturated carbocycles. The molecule has 0 aromatic carbocycles. The number of hydrogen-bond donors (Lipinski definition) is 1. The van der Waals surface area contributed by atoms with Crippen LogP contribution in [0.5, 0.6) is 0 Å². The third-order valence-corrected chi connectivity index (χ3v) is 5.94. The Bertz CT molecular complexity index is 476. The van der Waals surface area contributed by atoms with E-state index in [1.54, 1.807) is 0 Å². The fourth-order valence-electron chi connectivity index (χ4n) is 3.13. The second-order valence-corrected chi connectivity index (χ2v) is 8.58. The van der Waals surface area contributed by atoms with Crippen LogP contribution in [0.1, 0.15) is 64.1 Å². The predicted molar refractivity (Wildman–Crippen MR) is 90.0 cm³/mol. The first kappa shape index (κ1) is 15.4. The standard InChI is InChI=1S/C17H29N3S/c1-5-20-10-8-17(9-11-20,19-13-6-7-13)15-18-14(12-21-15)16(2,3)4/h12-13,19H,5-11H2,1-4H3. The van der Waals surface area contributed by atoms with Crippen LogP contribution in [-0.4, -0.2) is 35.6 Å². The van der Waals surface area contributed by atoms with Gasteiger partial charge in [-0.3, -0.25) is 0 Å². The lowest BCUT2D eigenvalue weighted by Crippen LogP contribution is -2.51. The number of hydrogen-bond acceptors (Lipinski definition) is 4. The van der Waals surface area contributed by atoms with E-state index in [1.165, 1.54) is 56.0 Å². The van der Waals surface area contributed by atoms with Gasteiger partial charge in [-0.25, -0.2) is 4.98 Å². The Morgan fingerprint density at radius 3 is 2.48 bits per heavy atom. The molecule has 3 rings (SSSR count). The Kier molecular flexibility index (Phi) is 4.15. The maximum Gasteiger partial charge on any atom is 0.113 e. The first-order valence-electron chi connectivity index (χ1n) is 8.39. The van der Waals surface area contributed by atoms with Crippen LogP contribution in [0.15, 0.2) is 5.38 Å². The SMILES string of the molecule is CCN1CCC(NC2CC2)(c2nc(C(C)(C)C)cs2)CC1. The van der Waals surface area contributed by atoms with Crippen molar-refractivity contribution in [2.75, 3.05) is 19.6 Å².